The van der Waals surface area contributed by atoms with Crippen molar-refractivity contribution in [1.82, 2.24) is 9.78 Å². The van der Waals surface area contributed by atoms with Crippen LogP contribution in [0, 0.1) is 17.3 Å². The molecular formula is C24H23F2N3O. The Morgan fingerprint density at radius 2 is 1.77 bits per heavy atom. The summed E-state index contributed by atoms with van der Waals surface area (Å²) in [6, 6.07) is 14.0. The van der Waals surface area contributed by atoms with E-state index in [2.05, 4.69) is 16.9 Å². The topological polar surface area (TPSA) is 38.1 Å². The second-order valence-electron chi connectivity index (χ2n) is 7.95. The van der Waals surface area contributed by atoms with Gasteiger partial charge < -0.3 is 0 Å². The van der Waals surface area contributed by atoms with Gasteiger partial charge in [0.2, 0.25) is 0 Å². The first-order chi connectivity index (χ1) is 14.2. The minimum Gasteiger partial charge on any atom is -0.275 e. The molecule has 0 bridgehead atoms. The molecule has 0 spiro atoms. The van der Waals surface area contributed by atoms with Crippen molar-refractivity contribution in [2.24, 2.45) is 12.5 Å². The average molecular weight is 407 g/mol. The first-order valence-electron chi connectivity index (χ1n) is 9.49. The number of para-hydroxylation sites is 1. The highest BCUT2D eigenvalue weighted by atomic mass is 19.3. The van der Waals surface area contributed by atoms with E-state index in [0.29, 0.717) is 10.5 Å². The summed E-state index contributed by atoms with van der Waals surface area (Å²) in [7, 11) is 1.63. The van der Waals surface area contributed by atoms with Gasteiger partial charge in [-0.1, -0.05) is 42.2 Å². The number of amides is 1. The monoisotopic (exact) mass is 407 g/mol. The Bertz CT molecular complexity index is 1100. The number of aromatic nitrogens is 2. The van der Waals surface area contributed by atoms with Crippen LogP contribution in [0.25, 0.3) is 11.1 Å². The maximum atomic E-state index is 14.0. The summed E-state index contributed by atoms with van der Waals surface area (Å²) in [4.78, 5) is 13.3. The van der Waals surface area contributed by atoms with E-state index < -0.39 is 12.5 Å². The number of carbonyl (C=O) groups is 1. The quantitative estimate of drug-likeness (QED) is 0.432. The Morgan fingerprint density at radius 1 is 1.10 bits per heavy atom. The van der Waals surface area contributed by atoms with E-state index in [1.807, 2.05) is 45.0 Å². The molecule has 0 aliphatic heterocycles. The fourth-order valence-electron chi connectivity index (χ4n) is 2.89. The number of alkyl halides is 2. The number of hydrogen-bond donors (Lipinski definition) is 0. The van der Waals surface area contributed by atoms with Gasteiger partial charge in [0.25, 0.3) is 5.91 Å². The lowest BCUT2D eigenvalue weighted by atomic mass is 9.97. The summed E-state index contributed by atoms with van der Waals surface area (Å²) in [5.41, 5.74) is 2.20. The SMILES string of the molecule is Cn1cc(C(=O)N(c2ccccc2-c2ccc(C#CC(C)(C)C)cc2)C(F)F)cn1. The van der Waals surface area contributed by atoms with Crippen LogP contribution < -0.4 is 4.90 Å². The van der Waals surface area contributed by atoms with Gasteiger partial charge in [0.05, 0.1) is 17.4 Å². The van der Waals surface area contributed by atoms with Crippen LogP contribution in [0.3, 0.4) is 0 Å². The molecule has 0 unspecified atom stereocenters. The molecule has 0 N–H and O–H groups in total. The number of hydrogen-bond acceptors (Lipinski definition) is 2. The molecule has 3 rings (SSSR count). The fraction of sp³-hybridized carbons (Fsp3) is 0.250. The van der Waals surface area contributed by atoms with E-state index in [1.54, 1.807) is 25.2 Å². The van der Waals surface area contributed by atoms with Crippen molar-refractivity contribution in [2.75, 3.05) is 4.90 Å². The van der Waals surface area contributed by atoms with Crippen LogP contribution in [0.2, 0.25) is 0 Å². The largest absolute Gasteiger partial charge is 0.321 e. The summed E-state index contributed by atoms with van der Waals surface area (Å²) in [5.74, 6) is 5.48. The second-order valence-corrected chi connectivity index (χ2v) is 7.95. The van der Waals surface area contributed by atoms with Gasteiger partial charge in [-0.15, -0.1) is 0 Å². The van der Waals surface area contributed by atoms with Crippen LogP contribution in [-0.2, 0) is 7.05 Å². The number of aryl methyl sites for hydroxylation is 1. The van der Waals surface area contributed by atoms with Crippen molar-refractivity contribution >= 4 is 11.6 Å². The molecule has 0 aliphatic rings. The number of carbonyl (C=O) groups excluding carboxylic acids is 1. The van der Waals surface area contributed by atoms with Gasteiger partial charge in [-0.3, -0.25) is 9.48 Å². The Balaban J connectivity index is 2.00. The zero-order valence-corrected chi connectivity index (χ0v) is 17.4. The summed E-state index contributed by atoms with van der Waals surface area (Å²) in [5, 5.41) is 3.91. The Kier molecular flexibility index (Phi) is 6.02. The molecule has 4 nitrogen and oxygen atoms in total. The molecule has 30 heavy (non-hydrogen) atoms. The number of halogens is 2. The minimum absolute atomic E-state index is 0.0976. The van der Waals surface area contributed by atoms with E-state index in [-0.39, 0.29) is 16.7 Å². The molecule has 0 saturated carbocycles. The molecule has 154 valence electrons. The first kappa shape index (κ1) is 21.3. The van der Waals surface area contributed by atoms with Gasteiger partial charge in [0, 0.05) is 29.8 Å². The molecule has 2 aromatic carbocycles. The van der Waals surface area contributed by atoms with Crippen molar-refractivity contribution in [3.63, 3.8) is 0 Å². The molecule has 0 saturated heterocycles. The summed E-state index contributed by atoms with van der Waals surface area (Å²) < 4.78 is 29.3. The smallest absolute Gasteiger partial charge is 0.275 e. The summed E-state index contributed by atoms with van der Waals surface area (Å²) >= 11 is 0. The summed E-state index contributed by atoms with van der Waals surface area (Å²) in [6.07, 6.45) is 2.70. The van der Waals surface area contributed by atoms with E-state index in [9.17, 15) is 13.6 Å². The predicted octanol–water partition coefficient (Wildman–Crippen LogP) is 5.35. The molecule has 0 atom stereocenters. The molecule has 1 aromatic heterocycles. The van der Waals surface area contributed by atoms with Crippen LogP contribution >= 0.6 is 0 Å². The maximum Gasteiger partial charge on any atom is 0.321 e. The van der Waals surface area contributed by atoms with Crippen molar-refractivity contribution in [1.29, 1.82) is 0 Å². The van der Waals surface area contributed by atoms with Crippen LogP contribution in [0.1, 0.15) is 36.7 Å². The molecule has 0 fully saturated rings. The highest BCUT2D eigenvalue weighted by molar-refractivity contribution is 6.08. The van der Waals surface area contributed by atoms with Crippen LogP contribution in [0.15, 0.2) is 60.9 Å². The predicted molar refractivity (Wildman–Crippen MR) is 114 cm³/mol. The van der Waals surface area contributed by atoms with E-state index in [0.717, 1.165) is 11.1 Å². The van der Waals surface area contributed by atoms with Crippen molar-refractivity contribution in [2.45, 2.75) is 27.3 Å². The molecule has 1 heterocycles. The van der Waals surface area contributed by atoms with Crippen molar-refractivity contribution in [3.05, 3.63) is 72.1 Å². The third-order valence-electron chi connectivity index (χ3n) is 4.31. The molecule has 0 aliphatic carbocycles. The first-order valence-corrected chi connectivity index (χ1v) is 9.49. The van der Waals surface area contributed by atoms with Crippen molar-refractivity contribution in [3.8, 4) is 23.0 Å². The lowest BCUT2D eigenvalue weighted by Crippen LogP contribution is -2.35. The van der Waals surface area contributed by atoms with Gasteiger partial charge in [0.15, 0.2) is 0 Å². The minimum atomic E-state index is -3.00. The van der Waals surface area contributed by atoms with Crippen LogP contribution in [-0.4, -0.2) is 22.2 Å². The van der Waals surface area contributed by atoms with Gasteiger partial charge in [-0.2, -0.15) is 13.9 Å². The zero-order chi connectivity index (χ0) is 21.9. The normalized spacial score (nSPS) is 11.2. The van der Waals surface area contributed by atoms with E-state index >= 15 is 0 Å². The van der Waals surface area contributed by atoms with Gasteiger partial charge >= 0.3 is 6.55 Å². The highest BCUT2D eigenvalue weighted by Gasteiger charge is 2.28. The van der Waals surface area contributed by atoms with Gasteiger partial charge in [0.1, 0.15) is 0 Å². The zero-order valence-electron chi connectivity index (χ0n) is 17.4. The third kappa shape index (κ3) is 4.93. The average Bonchev–Trinajstić information content (AvgIpc) is 3.13. The van der Waals surface area contributed by atoms with Crippen LogP contribution in [0.4, 0.5) is 14.5 Å². The number of anilines is 1. The molecule has 3 aromatic rings. The summed E-state index contributed by atoms with van der Waals surface area (Å²) in [6.45, 7) is 3.09. The van der Waals surface area contributed by atoms with Gasteiger partial charge in [-0.25, -0.2) is 4.90 Å². The fourth-order valence-corrected chi connectivity index (χ4v) is 2.89. The van der Waals surface area contributed by atoms with E-state index in [4.69, 9.17) is 0 Å². The Labute approximate surface area is 175 Å². The lowest BCUT2D eigenvalue weighted by molar-refractivity contribution is 0.0839. The molecule has 6 heteroatoms. The number of rotatable bonds is 4. The third-order valence-corrected chi connectivity index (χ3v) is 4.31. The second kappa shape index (κ2) is 8.50. The molecule has 0 radical (unpaired) electrons. The van der Waals surface area contributed by atoms with E-state index in [1.165, 1.54) is 23.1 Å². The van der Waals surface area contributed by atoms with Gasteiger partial charge in [-0.05, 0) is 44.5 Å². The maximum absolute atomic E-state index is 14.0. The Hall–Kier alpha value is -3.46. The Morgan fingerprint density at radius 3 is 2.33 bits per heavy atom. The molecule has 1 amide bonds. The lowest BCUT2D eigenvalue weighted by Gasteiger charge is -2.24. The van der Waals surface area contributed by atoms with Crippen molar-refractivity contribution < 1.29 is 13.6 Å². The molecular weight excluding hydrogens is 384 g/mol. The standard InChI is InChI=1S/C24H23F2N3O/c1-24(2,3)14-13-17-9-11-18(12-10-17)20-7-5-6-8-21(20)29(23(25)26)22(30)19-15-27-28(4)16-19/h5-12,15-16,23H,1-4H3. The number of benzene rings is 2. The van der Waals surface area contributed by atoms with Crippen LogP contribution in [0.5, 0.6) is 0 Å². The number of nitrogens with zero attached hydrogens (tertiary/aromatic N) is 3. The highest BCUT2D eigenvalue weighted by Crippen LogP contribution is 2.33.